The van der Waals surface area contributed by atoms with Crippen LogP contribution >= 0.6 is 0 Å². The zero-order valence-electron chi connectivity index (χ0n) is 8.03. The lowest BCUT2D eigenvalue weighted by molar-refractivity contribution is 0.249. The summed E-state index contributed by atoms with van der Waals surface area (Å²) < 4.78 is 5.44. The molecule has 0 aromatic heterocycles. The van der Waals surface area contributed by atoms with E-state index in [1.54, 1.807) is 0 Å². The molecule has 5 heteroatoms. The number of hydrogen-bond acceptors (Lipinski definition) is 3. The van der Waals surface area contributed by atoms with Gasteiger partial charge in [0.05, 0.1) is 12.2 Å². The molecule has 0 spiro atoms. The molecule has 2 unspecified atom stereocenters. The van der Waals surface area contributed by atoms with Crippen LogP contribution in [0.5, 0.6) is 0 Å². The van der Waals surface area contributed by atoms with E-state index in [2.05, 4.69) is 10.5 Å². The Morgan fingerprint density at radius 1 is 1.43 bits per heavy atom. The van der Waals surface area contributed by atoms with E-state index in [0.29, 0.717) is 12.2 Å². The van der Waals surface area contributed by atoms with Crippen molar-refractivity contribution in [3.05, 3.63) is 0 Å². The van der Waals surface area contributed by atoms with Gasteiger partial charge < -0.3 is 10.5 Å². The molecule has 1 heterocycles. The molecular weight excluding hydrogens is 182 g/mol. The summed E-state index contributed by atoms with van der Waals surface area (Å²) in [6, 6.07) is -0.597. The van der Waals surface area contributed by atoms with Gasteiger partial charge in [-0.3, -0.25) is 0 Å². The van der Waals surface area contributed by atoms with E-state index in [1.165, 1.54) is 0 Å². The van der Waals surface area contributed by atoms with Crippen LogP contribution in [0.15, 0.2) is 5.10 Å². The zero-order chi connectivity index (χ0) is 9.97. The molecule has 1 saturated heterocycles. The van der Waals surface area contributed by atoms with Gasteiger partial charge in [0.15, 0.2) is 0 Å². The SMILES string of the molecule is NC(=O)N/N=C1/CCCC2OC2CC1. The van der Waals surface area contributed by atoms with Crippen LogP contribution in [-0.4, -0.2) is 24.0 Å². The van der Waals surface area contributed by atoms with E-state index in [4.69, 9.17) is 10.5 Å². The van der Waals surface area contributed by atoms with Crippen molar-refractivity contribution in [1.82, 2.24) is 5.43 Å². The van der Waals surface area contributed by atoms with Crippen LogP contribution in [0.1, 0.15) is 32.1 Å². The van der Waals surface area contributed by atoms with Crippen LogP contribution in [0, 0.1) is 0 Å². The number of nitrogens with zero attached hydrogens (tertiary/aromatic N) is 1. The van der Waals surface area contributed by atoms with Gasteiger partial charge in [0.25, 0.3) is 0 Å². The number of rotatable bonds is 1. The first-order chi connectivity index (χ1) is 6.75. The molecule has 0 aromatic carbocycles. The maximum Gasteiger partial charge on any atom is 0.332 e. The zero-order valence-corrected chi connectivity index (χ0v) is 8.03. The summed E-state index contributed by atoms with van der Waals surface area (Å²) in [5.74, 6) is 0. The van der Waals surface area contributed by atoms with Crippen LogP contribution < -0.4 is 11.2 Å². The predicted molar refractivity (Wildman–Crippen MR) is 51.9 cm³/mol. The Balaban J connectivity index is 1.84. The highest BCUT2D eigenvalue weighted by Gasteiger charge is 2.38. The molecule has 78 valence electrons. The Kier molecular flexibility index (Phi) is 2.67. The van der Waals surface area contributed by atoms with Crippen LogP contribution in [0.25, 0.3) is 0 Å². The fraction of sp³-hybridized carbons (Fsp3) is 0.778. The molecule has 2 rings (SSSR count). The van der Waals surface area contributed by atoms with Gasteiger partial charge in [0.1, 0.15) is 0 Å². The quantitative estimate of drug-likeness (QED) is 0.480. The lowest BCUT2D eigenvalue weighted by Gasteiger charge is -2.07. The minimum atomic E-state index is -0.597. The van der Waals surface area contributed by atoms with Crippen molar-refractivity contribution in [2.24, 2.45) is 10.8 Å². The molecule has 0 bridgehead atoms. The lowest BCUT2D eigenvalue weighted by Crippen LogP contribution is -2.26. The molecule has 2 amide bonds. The fourth-order valence-electron chi connectivity index (χ4n) is 1.87. The minimum absolute atomic E-state index is 0.439. The first-order valence-electron chi connectivity index (χ1n) is 5.02. The predicted octanol–water partition coefficient (Wildman–Crippen LogP) is 0.742. The Morgan fingerprint density at radius 2 is 2.21 bits per heavy atom. The number of fused-ring (bicyclic) bond motifs is 1. The summed E-state index contributed by atoms with van der Waals surface area (Å²) >= 11 is 0. The van der Waals surface area contributed by atoms with Gasteiger partial charge in [0, 0.05) is 5.71 Å². The molecule has 0 aromatic rings. The van der Waals surface area contributed by atoms with E-state index >= 15 is 0 Å². The second kappa shape index (κ2) is 3.96. The van der Waals surface area contributed by atoms with E-state index < -0.39 is 6.03 Å². The summed E-state index contributed by atoms with van der Waals surface area (Å²) in [6.45, 7) is 0. The number of hydrazone groups is 1. The number of amides is 2. The van der Waals surface area contributed by atoms with Gasteiger partial charge in [-0.2, -0.15) is 5.10 Å². The Hall–Kier alpha value is -1.10. The third-order valence-electron chi connectivity index (χ3n) is 2.68. The summed E-state index contributed by atoms with van der Waals surface area (Å²) in [5, 5.41) is 3.97. The third-order valence-corrected chi connectivity index (χ3v) is 2.68. The number of hydrogen-bond donors (Lipinski definition) is 2. The normalized spacial score (nSPS) is 34.1. The summed E-state index contributed by atoms with van der Waals surface area (Å²) in [5.41, 5.74) is 8.24. The van der Waals surface area contributed by atoms with Crippen LogP contribution in [0.2, 0.25) is 0 Å². The number of carbonyl (C=O) groups excluding carboxylic acids is 1. The molecule has 1 aliphatic carbocycles. The highest BCUT2D eigenvalue weighted by Crippen LogP contribution is 2.33. The first-order valence-corrected chi connectivity index (χ1v) is 5.02. The van der Waals surface area contributed by atoms with Gasteiger partial charge in [0.2, 0.25) is 0 Å². The second-order valence-electron chi connectivity index (χ2n) is 3.80. The van der Waals surface area contributed by atoms with Crippen LogP contribution in [-0.2, 0) is 4.74 Å². The van der Waals surface area contributed by atoms with Crippen molar-refractivity contribution in [3.8, 4) is 0 Å². The topological polar surface area (TPSA) is 80.0 Å². The highest BCUT2D eigenvalue weighted by atomic mass is 16.6. The molecule has 2 aliphatic rings. The van der Waals surface area contributed by atoms with Crippen molar-refractivity contribution < 1.29 is 9.53 Å². The molecule has 1 saturated carbocycles. The van der Waals surface area contributed by atoms with Crippen LogP contribution in [0.4, 0.5) is 4.79 Å². The monoisotopic (exact) mass is 197 g/mol. The maximum atomic E-state index is 10.4. The van der Waals surface area contributed by atoms with Crippen molar-refractivity contribution in [3.63, 3.8) is 0 Å². The van der Waals surface area contributed by atoms with E-state index in [-0.39, 0.29) is 0 Å². The smallest absolute Gasteiger partial charge is 0.332 e. The lowest BCUT2D eigenvalue weighted by atomic mass is 9.99. The number of urea groups is 1. The van der Waals surface area contributed by atoms with Gasteiger partial charge in [-0.05, 0) is 32.1 Å². The molecule has 0 radical (unpaired) electrons. The molecule has 2 atom stereocenters. The number of nitrogens with one attached hydrogen (secondary N) is 1. The third kappa shape index (κ3) is 2.45. The Morgan fingerprint density at radius 3 is 3.00 bits per heavy atom. The van der Waals surface area contributed by atoms with Crippen LogP contribution in [0.3, 0.4) is 0 Å². The van der Waals surface area contributed by atoms with E-state index in [1.807, 2.05) is 0 Å². The number of carbonyl (C=O) groups is 1. The minimum Gasteiger partial charge on any atom is -0.370 e. The van der Waals surface area contributed by atoms with E-state index in [9.17, 15) is 4.79 Å². The summed E-state index contributed by atoms with van der Waals surface area (Å²) in [7, 11) is 0. The van der Waals surface area contributed by atoms with Gasteiger partial charge in [-0.1, -0.05) is 0 Å². The average Bonchev–Trinajstić information content (AvgIpc) is 2.81. The summed E-state index contributed by atoms with van der Waals surface area (Å²) in [6.07, 6.45) is 5.99. The van der Waals surface area contributed by atoms with E-state index in [0.717, 1.165) is 37.8 Å². The van der Waals surface area contributed by atoms with Gasteiger partial charge >= 0.3 is 6.03 Å². The molecule has 1 aliphatic heterocycles. The first kappa shape index (κ1) is 9.45. The van der Waals surface area contributed by atoms with Gasteiger partial charge in [-0.25, -0.2) is 10.2 Å². The fourth-order valence-corrected chi connectivity index (χ4v) is 1.87. The highest BCUT2D eigenvalue weighted by molar-refractivity contribution is 5.86. The molecule has 5 nitrogen and oxygen atoms in total. The Bertz CT molecular complexity index is 265. The Labute approximate surface area is 82.7 Å². The van der Waals surface area contributed by atoms with Crippen molar-refractivity contribution in [1.29, 1.82) is 0 Å². The number of primary amides is 1. The molecule has 2 fully saturated rings. The second-order valence-corrected chi connectivity index (χ2v) is 3.80. The number of ether oxygens (including phenoxy) is 1. The number of epoxide rings is 1. The van der Waals surface area contributed by atoms with Crippen molar-refractivity contribution in [2.75, 3.05) is 0 Å². The van der Waals surface area contributed by atoms with Gasteiger partial charge in [-0.15, -0.1) is 0 Å². The maximum absolute atomic E-state index is 10.4. The molecule has 14 heavy (non-hydrogen) atoms. The average molecular weight is 197 g/mol. The standard InChI is InChI=1S/C9H15N3O2/c10-9(13)12-11-6-2-1-3-7-8(14-7)5-4-6/h7-8H,1-5H2,(H3,10,12,13)/b11-6-. The molecule has 3 N–H and O–H groups in total. The van der Waals surface area contributed by atoms with Crippen molar-refractivity contribution >= 4 is 11.7 Å². The summed E-state index contributed by atoms with van der Waals surface area (Å²) in [4.78, 5) is 10.4. The largest absolute Gasteiger partial charge is 0.370 e. The number of nitrogens with two attached hydrogens (primary N) is 1. The van der Waals surface area contributed by atoms with Crippen molar-refractivity contribution in [2.45, 2.75) is 44.3 Å². The molecular formula is C9H15N3O2.